The van der Waals surface area contributed by atoms with Crippen LogP contribution in [0.15, 0.2) is 65.0 Å². The van der Waals surface area contributed by atoms with Gasteiger partial charge in [0.05, 0.1) is 6.42 Å². The highest BCUT2D eigenvalue weighted by Gasteiger charge is 2.17. The zero-order valence-electron chi connectivity index (χ0n) is 14.5. The van der Waals surface area contributed by atoms with E-state index >= 15 is 0 Å². The number of hydrogen-bond donors (Lipinski definition) is 1. The number of amides is 1. The van der Waals surface area contributed by atoms with Crippen molar-refractivity contribution in [1.29, 1.82) is 0 Å². The maximum atomic E-state index is 12.4. The first-order valence-corrected chi connectivity index (χ1v) is 8.19. The van der Waals surface area contributed by atoms with E-state index in [1.165, 1.54) is 0 Å². The van der Waals surface area contributed by atoms with Crippen LogP contribution in [0.1, 0.15) is 5.56 Å². The third-order valence-electron chi connectivity index (χ3n) is 3.58. The lowest BCUT2D eigenvalue weighted by molar-refractivity contribution is -0.115. The zero-order valence-corrected chi connectivity index (χ0v) is 14.5. The number of carbonyl (C=O) groups is 1. The molecule has 0 aliphatic rings. The number of anilines is 2. The molecule has 9 heteroatoms. The third kappa shape index (κ3) is 4.27. The van der Waals surface area contributed by atoms with Crippen LogP contribution in [0.2, 0.25) is 0 Å². The summed E-state index contributed by atoms with van der Waals surface area (Å²) in [6.45, 7) is 8.30. The summed E-state index contributed by atoms with van der Waals surface area (Å²) in [5.74, 6) is -0.874. The van der Waals surface area contributed by atoms with Crippen molar-refractivity contribution in [2.24, 2.45) is 0 Å². The molecule has 0 aliphatic carbocycles. The Hall–Kier alpha value is -3.75. The van der Waals surface area contributed by atoms with Crippen molar-refractivity contribution in [2.75, 3.05) is 23.3 Å². The molecule has 27 heavy (non-hydrogen) atoms. The van der Waals surface area contributed by atoms with Crippen LogP contribution in [0.25, 0.3) is 5.78 Å². The number of aromatic nitrogens is 4. The first-order chi connectivity index (χ1) is 13.1. The predicted octanol–water partition coefficient (Wildman–Crippen LogP) is 1.44. The molecule has 3 rings (SSSR count). The van der Waals surface area contributed by atoms with Crippen molar-refractivity contribution in [3.8, 4) is 0 Å². The highest BCUT2D eigenvalue weighted by molar-refractivity contribution is 5.91. The molecule has 1 amide bonds. The van der Waals surface area contributed by atoms with Crippen LogP contribution in [0, 0.1) is 0 Å². The van der Waals surface area contributed by atoms with Crippen LogP contribution >= 0.6 is 0 Å². The van der Waals surface area contributed by atoms with E-state index in [0.29, 0.717) is 13.1 Å². The van der Waals surface area contributed by atoms with Crippen molar-refractivity contribution in [2.45, 2.75) is 6.42 Å². The van der Waals surface area contributed by atoms with Crippen LogP contribution in [0.4, 0.5) is 11.9 Å². The summed E-state index contributed by atoms with van der Waals surface area (Å²) in [6, 6.07) is 9.25. The van der Waals surface area contributed by atoms with E-state index in [1.54, 1.807) is 17.1 Å². The van der Waals surface area contributed by atoms with Gasteiger partial charge in [0.1, 0.15) is 0 Å². The number of nitrogens with zero attached hydrogens (tertiary/aromatic N) is 5. The van der Waals surface area contributed by atoms with Gasteiger partial charge in [0.15, 0.2) is 0 Å². The molecule has 0 saturated heterocycles. The van der Waals surface area contributed by atoms with Gasteiger partial charge < -0.3 is 9.42 Å². The van der Waals surface area contributed by atoms with E-state index in [1.807, 2.05) is 30.3 Å². The molecule has 1 N–H and O–H groups in total. The van der Waals surface area contributed by atoms with Crippen LogP contribution in [-0.2, 0) is 11.2 Å². The number of rotatable bonds is 8. The highest BCUT2D eigenvalue weighted by Crippen LogP contribution is 2.14. The van der Waals surface area contributed by atoms with E-state index in [-0.39, 0.29) is 30.0 Å². The summed E-state index contributed by atoms with van der Waals surface area (Å²) in [5.41, 5.74) is 0.840. The van der Waals surface area contributed by atoms with Crippen molar-refractivity contribution in [3.63, 3.8) is 0 Å². The lowest BCUT2D eigenvalue weighted by Gasteiger charge is -2.19. The Morgan fingerprint density at radius 2 is 1.85 bits per heavy atom. The minimum absolute atomic E-state index is 0.00173. The van der Waals surface area contributed by atoms with Crippen LogP contribution in [0.5, 0.6) is 0 Å². The number of nitrogens with one attached hydrogen (secondary N) is 1. The molecule has 0 aliphatic heterocycles. The molecule has 2 aromatic heterocycles. The molecule has 2 heterocycles. The Kier molecular flexibility index (Phi) is 5.41. The van der Waals surface area contributed by atoms with Gasteiger partial charge in [0.25, 0.3) is 11.7 Å². The van der Waals surface area contributed by atoms with E-state index in [0.717, 1.165) is 10.1 Å². The van der Waals surface area contributed by atoms with Crippen molar-refractivity contribution >= 4 is 23.6 Å². The quantitative estimate of drug-likeness (QED) is 0.601. The fourth-order valence-electron chi connectivity index (χ4n) is 2.45. The number of hydrogen-bond acceptors (Lipinski definition) is 7. The van der Waals surface area contributed by atoms with E-state index in [2.05, 4.69) is 33.4 Å². The molecule has 0 atom stereocenters. The lowest BCUT2D eigenvalue weighted by atomic mass is 10.1. The first-order valence-electron chi connectivity index (χ1n) is 8.19. The molecule has 9 nitrogen and oxygen atoms in total. The zero-order chi connectivity index (χ0) is 19.2. The topological polar surface area (TPSA) is 106 Å². The van der Waals surface area contributed by atoms with Crippen LogP contribution < -0.4 is 16.0 Å². The standard InChI is InChI=1S/C18H18N6O3/c1-3-10-23(11-4-2)15-20-16(24-17(21-15)22-18(26)27-24)19-14(25)12-13-8-6-5-7-9-13/h3-9H,1-2,10-12H2,(H,19,20,21,22,25,26). The molecule has 0 saturated carbocycles. The Bertz CT molecular complexity index is 1010. The summed E-state index contributed by atoms with van der Waals surface area (Å²) in [6.07, 6.45) is 3.50. The molecular weight excluding hydrogens is 348 g/mol. The fraction of sp³-hybridized carbons (Fsp3) is 0.167. The molecule has 138 valence electrons. The van der Waals surface area contributed by atoms with Gasteiger partial charge in [-0.3, -0.25) is 10.1 Å². The summed E-state index contributed by atoms with van der Waals surface area (Å²) in [5, 5.41) is 2.65. The first kappa shape index (κ1) is 18.1. The predicted molar refractivity (Wildman–Crippen MR) is 101 cm³/mol. The highest BCUT2D eigenvalue weighted by atomic mass is 16.5. The van der Waals surface area contributed by atoms with Crippen LogP contribution in [-0.4, -0.2) is 38.5 Å². The Morgan fingerprint density at radius 1 is 1.15 bits per heavy atom. The van der Waals surface area contributed by atoms with Crippen molar-refractivity contribution in [1.82, 2.24) is 19.5 Å². The summed E-state index contributed by atoms with van der Waals surface area (Å²) in [4.78, 5) is 37.9. The van der Waals surface area contributed by atoms with Gasteiger partial charge in [0, 0.05) is 13.1 Å². The summed E-state index contributed by atoms with van der Waals surface area (Å²) < 4.78 is 5.95. The minimum atomic E-state index is -0.834. The molecule has 0 spiro atoms. The summed E-state index contributed by atoms with van der Waals surface area (Å²) >= 11 is 0. The Balaban J connectivity index is 1.94. The smallest absolute Gasteiger partial charge is 0.333 e. The van der Waals surface area contributed by atoms with Gasteiger partial charge in [-0.2, -0.15) is 9.97 Å². The second-order valence-corrected chi connectivity index (χ2v) is 5.60. The Labute approximate surface area is 154 Å². The largest absolute Gasteiger partial charge is 0.462 e. The number of carbonyl (C=O) groups excluding carboxylic acids is 1. The van der Waals surface area contributed by atoms with Gasteiger partial charge in [-0.15, -0.1) is 18.1 Å². The monoisotopic (exact) mass is 366 g/mol. The molecule has 0 fully saturated rings. The average Bonchev–Trinajstić information content (AvgIpc) is 3.03. The molecule has 0 unspecified atom stereocenters. The van der Waals surface area contributed by atoms with E-state index in [4.69, 9.17) is 4.52 Å². The van der Waals surface area contributed by atoms with Gasteiger partial charge in [-0.25, -0.2) is 4.79 Å². The SMILES string of the molecule is C=CCN(CC=C)c1nc(NC(=O)Cc2ccccc2)n2oc(=O)nc2n1. The minimum Gasteiger partial charge on any atom is -0.333 e. The molecule has 0 radical (unpaired) electrons. The fourth-order valence-corrected chi connectivity index (χ4v) is 2.45. The van der Waals surface area contributed by atoms with Crippen molar-refractivity contribution < 1.29 is 9.32 Å². The van der Waals surface area contributed by atoms with Crippen LogP contribution in [0.3, 0.4) is 0 Å². The van der Waals surface area contributed by atoms with Crippen molar-refractivity contribution in [3.05, 3.63) is 71.8 Å². The number of fused-ring (bicyclic) bond motifs is 1. The lowest BCUT2D eigenvalue weighted by Crippen LogP contribution is -2.27. The van der Waals surface area contributed by atoms with Gasteiger partial charge in [-0.1, -0.05) is 47.1 Å². The Morgan fingerprint density at radius 3 is 2.52 bits per heavy atom. The maximum Gasteiger partial charge on any atom is 0.462 e. The molecule has 0 bridgehead atoms. The maximum absolute atomic E-state index is 12.4. The molecule has 1 aromatic carbocycles. The van der Waals surface area contributed by atoms with Gasteiger partial charge >= 0.3 is 5.76 Å². The average molecular weight is 366 g/mol. The van der Waals surface area contributed by atoms with Gasteiger partial charge in [-0.05, 0) is 5.56 Å². The molecule has 3 aromatic rings. The third-order valence-corrected chi connectivity index (χ3v) is 3.58. The normalized spacial score (nSPS) is 10.5. The summed E-state index contributed by atoms with van der Waals surface area (Å²) in [7, 11) is 0. The second kappa shape index (κ2) is 8.09. The van der Waals surface area contributed by atoms with E-state index < -0.39 is 5.76 Å². The number of benzene rings is 1. The molecular formula is C18H18N6O3. The second-order valence-electron chi connectivity index (χ2n) is 5.60. The van der Waals surface area contributed by atoms with E-state index in [9.17, 15) is 9.59 Å². The van der Waals surface area contributed by atoms with Gasteiger partial charge in [0.2, 0.25) is 11.9 Å².